The number of methoxy groups -OCH3 is 1. The second kappa shape index (κ2) is 5.85. The Kier molecular flexibility index (Phi) is 4.15. The predicted molar refractivity (Wildman–Crippen MR) is 79.5 cm³/mol. The van der Waals surface area contributed by atoms with E-state index in [9.17, 15) is 8.42 Å². The molecule has 0 aliphatic heterocycles. The summed E-state index contributed by atoms with van der Waals surface area (Å²) < 4.78 is 29.7. The highest BCUT2D eigenvalue weighted by molar-refractivity contribution is 7.90. The van der Waals surface area contributed by atoms with Crippen molar-refractivity contribution in [3.8, 4) is 11.8 Å². The minimum Gasteiger partial charge on any atom is -0.495 e. The molecule has 2 aromatic rings. The van der Waals surface area contributed by atoms with Gasteiger partial charge in [0.05, 0.1) is 23.3 Å². The van der Waals surface area contributed by atoms with Gasteiger partial charge < -0.3 is 10.5 Å². The molecular formula is C15H14N2O3S. The number of nitrogens with zero attached hydrogens (tertiary/aromatic N) is 1. The molecule has 0 amide bonds. The number of rotatable bonds is 4. The maximum atomic E-state index is 12.3. The second-order valence-electron chi connectivity index (χ2n) is 4.47. The van der Waals surface area contributed by atoms with E-state index in [-0.39, 0.29) is 10.6 Å². The molecule has 5 nitrogen and oxygen atoms in total. The van der Waals surface area contributed by atoms with Crippen molar-refractivity contribution in [1.29, 1.82) is 5.26 Å². The van der Waals surface area contributed by atoms with Crippen LogP contribution >= 0.6 is 0 Å². The molecule has 0 atom stereocenters. The molecule has 0 heterocycles. The third kappa shape index (κ3) is 3.33. The zero-order chi connectivity index (χ0) is 15.5. The van der Waals surface area contributed by atoms with Crippen molar-refractivity contribution < 1.29 is 13.2 Å². The molecule has 2 aromatic carbocycles. The molecule has 108 valence electrons. The van der Waals surface area contributed by atoms with Crippen LogP contribution in [0.25, 0.3) is 0 Å². The van der Waals surface area contributed by atoms with Gasteiger partial charge in [0, 0.05) is 5.69 Å². The quantitative estimate of drug-likeness (QED) is 0.873. The Morgan fingerprint density at radius 3 is 2.43 bits per heavy atom. The molecule has 0 spiro atoms. The van der Waals surface area contributed by atoms with E-state index < -0.39 is 9.84 Å². The van der Waals surface area contributed by atoms with Gasteiger partial charge in [-0.1, -0.05) is 6.07 Å². The summed E-state index contributed by atoms with van der Waals surface area (Å²) in [5.41, 5.74) is 6.98. The summed E-state index contributed by atoms with van der Waals surface area (Å²) in [4.78, 5) is 0.208. The first-order valence-electron chi connectivity index (χ1n) is 6.11. The number of nitriles is 1. The van der Waals surface area contributed by atoms with E-state index in [4.69, 9.17) is 15.7 Å². The Morgan fingerprint density at radius 1 is 1.19 bits per heavy atom. The van der Waals surface area contributed by atoms with E-state index in [1.54, 1.807) is 30.3 Å². The number of nitrogen functional groups attached to an aromatic ring is 1. The maximum Gasteiger partial charge on any atom is 0.182 e. The van der Waals surface area contributed by atoms with Crippen molar-refractivity contribution in [3.05, 3.63) is 53.6 Å². The smallest absolute Gasteiger partial charge is 0.182 e. The normalized spacial score (nSPS) is 10.9. The molecule has 0 saturated carbocycles. The Balaban J connectivity index is 2.33. The summed E-state index contributed by atoms with van der Waals surface area (Å²) in [6.07, 6.45) is 0. The SMILES string of the molecule is COc1cc(CS(=O)(=O)c2ccc(N)cc2)ccc1C#N. The summed E-state index contributed by atoms with van der Waals surface area (Å²) in [6.45, 7) is 0. The van der Waals surface area contributed by atoms with Crippen LogP contribution in [0.4, 0.5) is 5.69 Å². The first kappa shape index (κ1) is 14.9. The monoisotopic (exact) mass is 302 g/mol. The summed E-state index contributed by atoms with van der Waals surface area (Å²) in [7, 11) is -2.03. The average Bonchev–Trinajstić information content (AvgIpc) is 2.47. The van der Waals surface area contributed by atoms with Crippen molar-refractivity contribution in [2.75, 3.05) is 12.8 Å². The summed E-state index contributed by atoms with van der Waals surface area (Å²) in [5, 5.41) is 8.92. The summed E-state index contributed by atoms with van der Waals surface area (Å²) >= 11 is 0. The standard InChI is InChI=1S/C15H14N2O3S/c1-20-15-8-11(2-3-12(15)9-16)10-21(18,19)14-6-4-13(17)5-7-14/h2-8H,10,17H2,1H3. The lowest BCUT2D eigenvalue weighted by Crippen LogP contribution is -2.05. The molecule has 0 radical (unpaired) electrons. The number of sulfone groups is 1. The molecule has 2 N–H and O–H groups in total. The minimum absolute atomic E-state index is 0.168. The van der Waals surface area contributed by atoms with Gasteiger partial charge >= 0.3 is 0 Å². The van der Waals surface area contributed by atoms with Gasteiger partial charge in [0.15, 0.2) is 9.84 Å². The maximum absolute atomic E-state index is 12.3. The fourth-order valence-corrected chi connectivity index (χ4v) is 3.23. The lowest BCUT2D eigenvalue weighted by molar-refractivity contribution is 0.413. The van der Waals surface area contributed by atoms with Gasteiger partial charge in [-0.25, -0.2) is 8.42 Å². The Bertz CT molecular complexity index is 791. The van der Waals surface area contributed by atoms with Gasteiger partial charge in [0.25, 0.3) is 0 Å². The molecule has 0 fully saturated rings. The van der Waals surface area contributed by atoms with E-state index in [2.05, 4.69) is 0 Å². The Morgan fingerprint density at radius 2 is 1.86 bits per heavy atom. The first-order valence-corrected chi connectivity index (χ1v) is 7.77. The minimum atomic E-state index is -3.47. The van der Waals surface area contributed by atoms with Crippen LogP contribution in [0.1, 0.15) is 11.1 Å². The van der Waals surface area contributed by atoms with Gasteiger partial charge in [-0.2, -0.15) is 5.26 Å². The van der Waals surface area contributed by atoms with Gasteiger partial charge in [-0.05, 0) is 42.0 Å². The molecule has 21 heavy (non-hydrogen) atoms. The number of nitrogens with two attached hydrogens (primary N) is 1. The topological polar surface area (TPSA) is 93.2 Å². The van der Waals surface area contributed by atoms with Crippen LogP contribution in [0, 0.1) is 11.3 Å². The fraction of sp³-hybridized carbons (Fsp3) is 0.133. The van der Waals surface area contributed by atoms with E-state index in [1.807, 2.05) is 6.07 Å². The van der Waals surface area contributed by atoms with Gasteiger partial charge in [-0.15, -0.1) is 0 Å². The van der Waals surface area contributed by atoms with Gasteiger partial charge in [0.1, 0.15) is 11.8 Å². The molecule has 6 heteroatoms. The largest absolute Gasteiger partial charge is 0.495 e. The predicted octanol–water partition coefficient (Wildman–Crippen LogP) is 2.12. The number of hydrogen-bond donors (Lipinski definition) is 1. The van der Waals surface area contributed by atoms with Gasteiger partial charge in [-0.3, -0.25) is 0 Å². The van der Waals surface area contributed by atoms with Crippen molar-refractivity contribution in [2.24, 2.45) is 0 Å². The average molecular weight is 302 g/mol. The fourth-order valence-electron chi connectivity index (χ4n) is 1.90. The second-order valence-corrected chi connectivity index (χ2v) is 6.46. The highest BCUT2D eigenvalue weighted by Crippen LogP contribution is 2.23. The third-order valence-electron chi connectivity index (χ3n) is 2.98. The summed E-state index contributed by atoms with van der Waals surface area (Å²) in [6, 6.07) is 12.8. The Labute approximate surface area is 123 Å². The van der Waals surface area contributed by atoms with Crippen molar-refractivity contribution in [1.82, 2.24) is 0 Å². The number of hydrogen-bond acceptors (Lipinski definition) is 5. The number of benzene rings is 2. The molecule has 0 unspecified atom stereocenters. The lowest BCUT2D eigenvalue weighted by Gasteiger charge is -2.08. The number of ether oxygens (including phenoxy) is 1. The molecule has 2 rings (SSSR count). The third-order valence-corrected chi connectivity index (χ3v) is 4.69. The van der Waals surface area contributed by atoms with E-state index in [1.165, 1.54) is 19.2 Å². The van der Waals surface area contributed by atoms with Crippen molar-refractivity contribution in [2.45, 2.75) is 10.6 Å². The molecule has 0 bridgehead atoms. The number of anilines is 1. The highest BCUT2D eigenvalue weighted by Gasteiger charge is 2.16. The van der Waals surface area contributed by atoms with Crippen LogP contribution in [-0.4, -0.2) is 15.5 Å². The van der Waals surface area contributed by atoms with Crippen LogP contribution in [0.2, 0.25) is 0 Å². The van der Waals surface area contributed by atoms with E-state index in [0.717, 1.165) is 0 Å². The zero-order valence-corrected chi connectivity index (χ0v) is 12.2. The van der Waals surface area contributed by atoms with Crippen molar-refractivity contribution in [3.63, 3.8) is 0 Å². The van der Waals surface area contributed by atoms with Crippen LogP contribution in [-0.2, 0) is 15.6 Å². The Hall–Kier alpha value is -2.52. The van der Waals surface area contributed by atoms with Crippen molar-refractivity contribution >= 4 is 15.5 Å². The molecule has 0 aliphatic carbocycles. The summed E-state index contributed by atoms with van der Waals surface area (Å²) in [5.74, 6) is 0.196. The van der Waals surface area contributed by atoms with Crippen LogP contribution in [0.15, 0.2) is 47.4 Å². The van der Waals surface area contributed by atoms with Crippen LogP contribution in [0.5, 0.6) is 5.75 Å². The van der Waals surface area contributed by atoms with E-state index >= 15 is 0 Å². The first-order chi connectivity index (χ1) is 9.96. The van der Waals surface area contributed by atoms with Crippen LogP contribution < -0.4 is 10.5 Å². The van der Waals surface area contributed by atoms with Gasteiger partial charge in [0.2, 0.25) is 0 Å². The highest BCUT2D eigenvalue weighted by atomic mass is 32.2. The molecule has 0 aliphatic rings. The lowest BCUT2D eigenvalue weighted by atomic mass is 10.1. The zero-order valence-electron chi connectivity index (χ0n) is 11.4. The van der Waals surface area contributed by atoms with Crippen LogP contribution in [0.3, 0.4) is 0 Å². The molecule has 0 aromatic heterocycles. The molecular weight excluding hydrogens is 288 g/mol. The molecule has 0 saturated heterocycles. The van der Waals surface area contributed by atoms with E-state index in [0.29, 0.717) is 22.6 Å².